The van der Waals surface area contributed by atoms with E-state index in [4.69, 9.17) is 0 Å². The molecule has 5 heteroatoms. The van der Waals surface area contributed by atoms with Crippen LogP contribution in [-0.4, -0.2) is 12.0 Å². The third kappa shape index (κ3) is 2.73. The molecule has 1 atom stereocenters. The number of benzene rings is 1. The lowest BCUT2D eigenvalue weighted by atomic mass is 10.0. The highest BCUT2D eigenvalue weighted by Gasteiger charge is 2.17. The van der Waals surface area contributed by atoms with Gasteiger partial charge >= 0.3 is 0 Å². The number of thiazole rings is 1. The fourth-order valence-corrected chi connectivity index (χ4v) is 2.51. The van der Waals surface area contributed by atoms with E-state index in [9.17, 15) is 8.78 Å². The first-order valence-corrected chi connectivity index (χ1v) is 6.51. The Balaban J connectivity index is 2.30. The average Bonchev–Trinajstić information content (AvgIpc) is 2.84. The quantitative estimate of drug-likeness (QED) is 0.921. The van der Waals surface area contributed by atoms with Gasteiger partial charge in [-0.05, 0) is 25.6 Å². The van der Waals surface area contributed by atoms with Gasteiger partial charge in [-0.2, -0.15) is 0 Å². The van der Waals surface area contributed by atoms with Gasteiger partial charge in [-0.15, -0.1) is 11.3 Å². The maximum Gasteiger partial charge on any atom is 0.130 e. The van der Waals surface area contributed by atoms with E-state index in [-0.39, 0.29) is 6.04 Å². The number of nitrogens with zero attached hydrogens (tertiary/aromatic N) is 1. The molecule has 1 aromatic carbocycles. The molecule has 0 amide bonds. The number of rotatable bonds is 4. The van der Waals surface area contributed by atoms with Crippen LogP contribution in [0.2, 0.25) is 0 Å². The molecule has 2 nitrogen and oxygen atoms in total. The second-order valence-corrected chi connectivity index (χ2v) is 5.07. The number of hydrogen-bond acceptors (Lipinski definition) is 3. The fraction of sp³-hybridized carbons (Fsp3) is 0.308. The zero-order valence-electron chi connectivity index (χ0n) is 10.2. The first-order valence-electron chi connectivity index (χ1n) is 5.63. The molecular formula is C13H14F2N2S. The Morgan fingerprint density at radius 1 is 1.33 bits per heavy atom. The van der Waals surface area contributed by atoms with Crippen molar-refractivity contribution in [1.29, 1.82) is 0 Å². The molecule has 1 N–H and O–H groups in total. The summed E-state index contributed by atoms with van der Waals surface area (Å²) in [7, 11) is 1.76. The van der Waals surface area contributed by atoms with Crippen LogP contribution in [0.3, 0.4) is 0 Å². The minimum atomic E-state index is -0.519. The third-order valence-corrected chi connectivity index (χ3v) is 3.67. The van der Waals surface area contributed by atoms with Crippen LogP contribution >= 0.6 is 11.3 Å². The largest absolute Gasteiger partial charge is 0.313 e. The first-order chi connectivity index (χ1) is 8.61. The van der Waals surface area contributed by atoms with Crippen LogP contribution < -0.4 is 5.32 Å². The monoisotopic (exact) mass is 268 g/mol. The molecule has 0 fully saturated rings. The highest BCUT2D eigenvalue weighted by molar-refractivity contribution is 7.09. The number of likely N-dealkylation sites (N-methyl/N-ethyl adjacent to an activating group) is 1. The molecule has 18 heavy (non-hydrogen) atoms. The van der Waals surface area contributed by atoms with Crippen molar-refractivity contribution in [2.75, 3.05) is 7.05 Å². The zero-order chi connectivity index (χ0) is 13.1. The van der Waals surface area contributed by atoms with E-state index in [1.54, 1.807) is 26.2 Å². The lowest BCUT2D eigenvalue weighted by Gasteiger charge is -2.17. The van der Waals surface area contributed by atoms with Crippen LogP contribution in [0.25, 0.3) is 0 Å². The molecule has 0 spiro atoms. The Kier molecular flexibility index (Phi) is 4.04. The summed E-state index contributed by atoms with van der Waals surface area (Å²) in [6, 6.07) is 2.30. The summed E-state index contributed by atoms with van der Waals surface area (Å²) in [5, 5.41) is 5.86. The smallest absolute Gasteiger partial charge is 0.130 e. The Hall–Kier alpha value is -1.33. The normalized spacial score (nSPS) is 12.7. The second kappa shape index (κ2) is 5.54. The van der Waals surface area contributed by atoms with Crippen LogP contribution in [0.1, 0.15) is 22.2 Å². The summed E-state index contributed by atoms with van der Waals surface area (Å²) in [4.78, 5) is 4.18. The molecule has 0 aliphatic rings. The molecule has 1 unspecified atom stereocenters. The molecular weight excluding hydrogens is 254 g/mol. The summed E-state index contributed by atoms with van der Waals surface area (Å²) in [6.45, 7) is 1.63. The highest BCUT2D eigenvalue weighted by Crippen LogP contribution is 2.24. The van der Waals surface area contributed by atoms with Gasteiger partial charge in [-0.25, -0.2) is 13.8 Å². The minimum absolute atomic E-state index is 0.199. The fourth-order valence-electron chi connectivity index (χ4n) is 1.84. The van der Waals surface area contributed by atoms with E-state index >= 15 is 0 Å². The zero-order valence-corrected chi connectivity index (χ0v) is 11.0. The molecule has 0 bridgehead atoms. The van der Waals surface area contributed by atoms with E-state index in [1.807, 2.05) is 5.38 Å². The molecule has 96 valence electrons. The summed E-state index contributed by atoms with van der Waals surface area (Å²) >= 11 is 1.53. The number of aromatic nitrogens is 1. The number of hydrogen-bond donors (Lipinski definition) is 1. The van der Waals surface area contributed by atoms with Gasteiger partial charge < -0.3 is 5.32 Å². The molecule has 2 rings (SSSR count). The van der Waals surface area contributed by atoms with Gasteiger partial charge in [0.1, 0.15) is 11.6 Å². The van der Waals surface area contributed by atoms with E-state index in [1.165, 1.54) is 11.3 Å². The van der Waals surface area contributed by atoms with Crippen LogP contribution in [-0.2, 0) is 6.42 Å². The average molecular weight is 268 g/mol. The Bertz CT molecular complexity index is 526. The molecule has 0 radical (unpaired) electrons. The van der Waals surface area contributed by atoms with Gasteiger partial charge in [0.15, 0.2) is 0 Å². The van der Waals surface area contributed by atoms with Crippen LogP contribution in [0, 0.1) is 18.6 Å². The van der Waals surface area contributed by atoms with E-state index in [2.05, 4.69) is 10.3 Å². The molecule has 2 aromatic rings. The summed E-state index contributed by atoms with van der Waals surface area (Å²) in [5.74, 6) is -1.03. The highest BCUT2D eigenvalue weighted by atomic mass is 32.1. The Morgan fingerprint density at radius 2 is 2.11 bits per heavy atom. The number of halogens is 2. The van der Waals surface area contributed by atoms with Gasteiger partial charge in [-0.3, -0.25) is 0 Å². The van der Waals surface area contributed by atoms with Crippen molar-refractivity contribution < 1.29 is 8.78 Å². The maximum atomic E-state index is 13.8. The van der Waals surface area contributed by atoms with Gasteiger partial charge in [0.2, 0.25) is 0 Å². The lowest BCUT2D eigenvalue weighted by molar-refractivity contribution is 0.518. The van der Waals surface area contributed by atoms with Gasteiger partial charge in [-0.1, -0.05) is 0 Å². The predicted octanol–water partition coefficient (Wildman–Crippen LogP) is 3.23. The second-order valence-electron chi connectivity index (χ2n) is 4.09. The van der Waals surface area contributed by atoms with Crippen molar-refractivity contribution in [3.05, 3.63) is 51.5 Å². The van der Waals surface area contributed by atoms with Gasteiger partial charge in [0.25, 0.3) is 0 Å². The van der Waals surface area contributed by atoms with Gasteiger partial charge in [0, 0.05) is 35.7 Å². The Labute approximate surface area is 109 Å². The summed E-state index contributed by atoms with van der Waals surface area (Å²) in [5.41, 5.74) is 0.928. The van der Waals surface area contributed by atoms with Crippen molar-refractivity contribution >= 4 is 11.3 Å². The van der Waals surface area contributed by atoms with Crippen LogP contribution in [0.5, 0.6) is 0 Å². The van der Waals surface area contributed by atoms with Gasteiger partial charge in [0.05, 0.1) is 5.01 Å². The topological polar surface area (TPSA) is 24.9 Å². The third-order valence-electron chi connectivity index (χ3n) is 2.86. The van der Waals surface area contributed by atoms with E-state index in [0.717, 1.165) is 11.1 Å². The molecule has 0 saturated heterocycles. The molecule has 0 aliphatic carbocycles. The number of aryl methyl sites for hydroxylation is 1. The summed E-state index contributed by atoms with van der Waals surface area (Å²) < 4.78 is 27.0. The molecule has 1 heterocycles. The summed E-state index contributed by atoms with van der Waals surface area (Å²) in [6.07, 6.45) is 2.31. The molecule has 1 aromatic heterocycles. The van der Waals surface area contributed by atoms with E-state index in [0.29, 0.717) is 17.5 Å². The Morgan fingerprint density at radius 3 is 2.72 bits per heavy atom. The first kappa shape index (κ1) is 13.1. The SMILES string of the molecule is CNC(Cc1nccs1)c1cc(C)c(F)cc1F. The van der Waals surface area contributed by atoms with Crippen molar-refractivity contribution in [1.82, 2.24) is 10.3 Å². The lowest BCUT2D eigenvalue weighted by Crippen LogP contribution is -2.20. The standard InChI is InChI=1S/C13H14F2N2S/c1-8-5-9(11(15)6-10(8)14)12(16-2)7-13-17-3-4-18-13/h3-6,12,16H,7H2,1-2H3. The van der Waals surface area contributed by atoms with Crippen LogP contribution in [0.15, 0.2) is 23.7 Å². The van der Waals surface area contributed by atoms with E-state index < -0.39 is 11.6 Å². The van der Waals surface area contributed by atoms with Crippen LogP contribution in [0.4, 0.5) is 8.78 Å². The van der Waals surface area contributed by atoms with Crippen molar-refractivity contribution in [2.45, 2.75) is 19.4 Å². The van der Waals surface area contributed by atoms with Crippen molar-refractivity contribution in [2.24, 2.45) is 0 Å². The van der Waals surface area contributed by atoms with Crippen molar-refractivity contribution in [3.8, 4) is 0 Å². The number of nitrogens with one attached hydrogen (secondary N) is 1. The molecule has 0 saturated carbocycles. The molecule has 0 aliphatic heterocycles. The maximum absolute atomic E-state index is 13.8. The minimum Gasteiger partial charge on any atom is -0.313 e. The predicted molar refractivity (Wildman–Crippen MR) is 68.7 cm³/mol. The van der Waals surface area contributed by atoms with Crippen molar-refractivity contribution in [3.63, 3.8) is 0 Å².